The maximum Gasteiger partial charge on any atom is 0.0209 e. The van der Waals surface area contributed by atoms with Gasteiger partial charge in [0.05, 0.1) is 0 Å². The van der Waals surface area contributed by atoms with E-state index in [2.05, 4.69) is 37.8 Å². The Morgan fingerprint density at radius 2 is 1.62 bits per heavy atom. The molecule has 5 heteroatoms. The fraction of sp³-hybridized carbons (Fsp3) is 1.00. The van der Waals surface area contributed by atoms with Gasteiger partial charge in [-0.3, -0.25) is 10.7 Å². The van der Waals surface area contributed by atoms with E-state index >= 15 is 0 Å². The van der Waals surface area contributed by atoms with Crippen LogP contribution in [0.3, 0.4) is 0 Å². The topological polar surface area (TPSA) is 35.7 Å². The van der Waals surface area contributed by atoms with E-state index in [1.165, 1.54) is 39.0 Å². The zero-order valence-corrected chi connectivity index (χ0v) is 12.3. The van der Waals surface area contributed by atoms with Crippen molar-refractivity contribution in [1.82, 2.24) is 13.0 Å². The predicted octanol–water partition coefficient (Wildman–Crippen LogP) is 0.928. The number of piperidine rings is 1. The average Bonchev–Trinajstić information content (AvgIpc) is 2.30. The summed E-state index contributed by atoms with van der Waals surface area (Å²) < 4.78 is 2.39. The molecule has 4 nitrogen and oxygen atoms in total. The molecule has 0 amide bonds. The molecule has 0 spiro atoms. The number of nitrogens with zero attached hydrogens (tertiary/aromatic N) is 3. The molecule has 16 heavy (non-hydrogen) atoms. The van der Waals surface area contributed by atoms with Crippen molar-refractivity contribution >= 4 is 22.9 Å². The second kappa shape index (κ2) is 5.95. The van der Waals surface area contributed by atoms with Crippen molar-refractivity contribution in [3.05, 3.63) is 0 Å². The lowest BCUT2D eigenvalue weighted by Crippen LogP contribution is -2.51. The molecule has 0 aromatic rings. The summed E-state index contributed by atoms with van der Waals surface area (Å²) in [6.07, 6.45) is 2.53. The minimum atomic E-state index is 0.735. The van der Waals surface area contributed by atoms with Gasteiger partial charge in [0.1, 0.15) is 0 Å². The van der Waals surface area contributed by atoms with E-state index in [0.29, 0.717) is 0 Å². The van der Waals surface area contributed by atoms with Crippen LogP contribution >= 0.6 is 22.9 Å². The fourth-order valence-electron chi connectivity index (χ4n) is 2.80. The van der Waals surface area contributed by atoms with Crippen LogP contribution in [0, 0.1) is 5.92 Å². The number of hydrazine groups is 1. The molecule has 2 aliphatic rings. The van der Waals surface area contributed by atoms with Crippen LogP contribution in [0.15, 0.2) is 0 Å². The van der Waals surface area contributed by atoms with Crippen molar-refractivity contribution < 1.29 is 0 Å². The number of piperazine rings is 1. The van der Waals surface area contributed by atoms with Crippen LogP contribution in [0.4, 0.5) is 0 Å². The van der Waals surface area contributed by atoms with Crippen molar-refractivity contribution in [2.45, 2.75) is 25.8 Å². The lowest BCUT2D eigenvalue weighted by molar-refractivity contribution is 0.0779. The first-order valence-electron chi connectivity index (χ1n) is 6.31. The van der Waals surface area contributed by atoms with Gasteiger partial charge >= 0.3 is 0 Å². The molecule has 0 aliphatic carbocycles. The van der Waals surface area contributed by atoms with Gasteiger partial charge in [-0.2, -0.15) is 0 Å². The maximum absolute atomic E-state index is 5.81. The lowest BCUT2D eigenvalue weighted by atomic mass is 9.89. The molecule has 2 saturated heterocycles. The number of rotatable bonds is 2. The molecule has 1 atom stereocenters. The quantitative estimate of drug-likeness (QED) is 0.462. The van der Waals surface area contributed by atoms with Crippen LogP contribution < -0.4 is 5.84 Å². The summed E-state index contributed by atoms with van der Waals surface area (Å²) in [5, 5.41) is 1.96. The first kappa shape index (κ1) is 13.0. The van der Waals surface area contributed by atoms with Gasteiger partial charge < -0.3 is 0 Å². The third kappa shape index (κ3) is 3.29. The summed E-state index contributed by atoms with van der Waals surface area (Å²) in [6, 6.07) is 0.735. The molecule has 0 aromatic heterocycles. The normalized spacial score (nSPS) is 29.4. The van der Waals surface area contributed by atoms with Crippen LogP contribution in [0.1, 0.15) is 19.8 Å². The van der Waals surface area contributed by atoms with Gasteiger partial charge in [-0.15, -0.1) is 0 Å². The zero-order chi connectivity index (χ0) is 11.5. The Bertz CT molecular complexity index is 188. The van der Waals surface area contributed by atoms with Gasteiger partial charge in [0.15, 0.2) is 0 Å². The Hall–Kier alpha value is 0.570. The highest BCUT2D eigenvalue weighted by atomic mass is 127. The van der Waals surface area contributed by atoms with Crippen LogP contribution in [0.5, 0.6) is 0 Å². The van der Waals surface area contributed by atoms with Crippen LogP contribution in [-0.4, -0.2) is 58.3 Å². The Balaban J connectivity index is 1.80. The summed E-state index contributed by atoms with van der Waals surface area (Å²) in [5.74, 6) is 6.65. The first-order valence-corrected chi connectivity index (χ1v) is 7.27. The van der Waals surface area contributed by atoms with Crippen molar-refractivity contribution in [2.75, 3.05) is 39.3 Å². The highest BCUT2D eigenvalue weighted by Crippen LogP contribution is 2.24. The van der Waals surface area contributed by atoms with Gasteiger partial charge in [0.25, 0.3) is 0 Å². The molecule has 2 fully saturated rings. The molecule has 0 aromatic carbocycles. The molecule has 0 unspecified atom stereocenters. The Labute approximate surface area is 113 Å². The summed E-state index contributed by atoms with van der Waals surface area (Å²) in [4.78, 5) is 2.66. The SMILES string of the molecule is C[C@@H](C1CCN(N)CC1)N1CCN(I)CC1. The molecular formula is C11H23IN4. The van der Waals surface area contributed by atoms with Crippen molar-refractivity contribution in [2.24, 2.45) is 11.8 Å². The minimum Gasteiger partial charge on any atom is -0.298 e. The molecule has 94 valence electrons. The summed E-state index contributed by atoms with van der Waals surface area (Å²) in [7, 11) is 0. The van der Waals surface area contributed by atoms with E-state index in [9.17, 15) is 0 Å². The number of hydrogen-bond donors (Lipinski definition) is 1. The smallest absolute Gasteiger partial charge is 0.0209 e. The van der Waals surface area contributed by atoms with Crippen molar-refractivity contribution in [3.8, 4) is 0 Å². The van der Waals surface area contributed by atoms with E-state index in [1.54, 1.807) is 0 Å². The molecule has 0 radical (unpaired) electrons. The highest BCUT2D eigenvalue weighted by Gasteiger charge is 2.28. The van der Waals surface area contributed by atoms with Gasteiger partial charge in [0, 0.05) is 68.2 Å². The maximum atomic E-state index is 5.81. The zero-order valence-electron chi connectivity index (χ0n) is 10.1. The molecule has 2 heterocycles. The van der Waals surface area contributed by atoms with E-state index in [4.69, 9.17) is 5.84 Å². The Kier molecular flexibility index (Phi) is 4.84. The number of halogens is 1. The largest absolute Gasteiger partial charge is 0.298 e. The van der Waals surface area contributed by atoms with Crippen LogP contribution in [0.25, 0.3) is 0 Å². The van der Waals surface area contributed by atoms with E-state index in [1.807, 2.05) is 5.01 Å². The molecule has 0 bridgehead atoms. The third-order valence-corrected chi connectivity index (χ3v) is 5.06. The summed E-state index contributed by atoms with van der Waals surface area (Å²) >= 11 is 2.43. The summed E-state index contributed by atoms with van der Waals surface area (Å²) in [6.45, 7) is 9.42. The third-order valence-electron chi connectivity index (χ3n) is 4.09. The van der Waals surface area contributed by atoms with Crippen LogP contribution in [0.2, 0.25) is 0 Å². The second-order valence-electron chi connectivity index (χ2n) is 5.06. The molecule has 2 aliphatic heterocycles. The van der Waals surface area contributed by atoms with E-state index in [-0.39, 0.29) is 0 Å². The van der Waals surface area contributed by atoms with Crippen molar-refractivity contribution in [1.29, 1.82) is 0 Å². The first-order chi connectivity index (χ1) is 7.66. The van der Waals surface area contributed by atoms with Gasteiger partial charge in [-0.1, -0.05) is 0 Å². The Morgan fingerprint density at radius 3 is 2.19 bits per heavy atom. The molecular weight excluding hydrogens is 315 g/mol. The van der Waals surface area contributed by atoms with Crippen LogP contribution in [-0.2, 0) is 0 Å². The average molecular weight is 338 g/mol. The molecule has 0 saturated carbocycles. The van der Waals surface area contributed by atoms with E-state index < -0.39 is 0 Å². The highest BCUT2D eigenvalue weighted by molar-refractivity contribution is 14.1. The van der Waals surface area contributed by atoms with Crippen molar-refractivity contribution in [3.63, 3.8) is 0 Å². The number of hydrogen-bond acceptors (Lipinski definition) is 4. The van der Waals surface area contributed by atoms with E-state index in [0.717, 1.165) is 25.0 Å². The summed E-state index contributed by atoms with van der Waals surface area (Å²) in [5.41, 5.74) is 0. The predicted molar refractivity (Wildman–Crippen MR) is 75.1 cm³/mol. The Morgan fingerprint density at radius 1 is 1.06 bits per heavy atom. The van der Waals surface area contributed by atoms with Gasteiger partial charge in [-0.05, 0) is 25.7 Å². The second-order valence-corrected chi connectivity index (χ2v) is 6.42. The standard InChI is InChI=1S/C11H23IN4/c1-10(11-2-4-16(13)5-3-11)14-6-8-15(12)9-7-14/h10-11H,2-9,13H2,1H3/t10-/m0/s1. The monoisotopic (exact) mass is 338 g/mol. The van der Waals surface area contributed by atoms with Gasteiger partial charge in [0.2, 0.25) is 0 Å². The minimum absolute atomic E-state index is 0.735. The lowest BCUT2D eigenvalue weighted by Gasteiger charge is -2.41. The number of nitrogens with two attached hydrogens (primary N) is 1. The van der Waals surface area contributed by atoms with Gasteiger partial charge in [-0.25, -0.2) is 8.12 Å². The molecule has 2 rings (SSSR count). The molecule has 2 N–H and O–H groups in total. The fourth-order valence-corrected chi connectivity index (χ4v) is 3.24.